The molecule has 0 atom stereocenters. The Morgan fingerprint density at radius 1 is 1.31 bits per heavy atom. The van der Waals surface area contributed by atoms with Crippen molar-refractivity contribution in [1.29, 1.82) is 0 Å². The van der Waals surface area contributed by atoms with E-state index in [1.807, 2.05) is 38.2 Å². The number of rotatable bonds is 4. The zero-order valence-electron chi connectivity index (χ0n) is 8.92. The molecule has 0 aromatic carbocycles. The van der Waals surface area contributed by atoms with Crippen molar-refractivity contribution >= 4 is 5.78 Å². The summed E-state index contributed by atoms with van der Waals surface area (Å²) in [6.07, 6.45) is 11.2. The third-order valence-electron chi connectivity index (χ3n) is 1.15. The van der Waals surface area contributed by atoms with Gasteiger partial charge in [-0.3, -0.25) is 0 Å². The van der Waals surface area contributed by atoms with E-state index >= 15 is 0 Å². The zero-order chi connectivity index (χ0) is 10.5. The van der Waals surface area contributed by atoms with Crippen molar-refractivity contribution in [2.24, 2.45) is 0 Å². The lowest BCUT2D eigenvalue weighted by atomic mass is 10.3. The SMILES string of the molecule is C=C/C=C\C=C/C.CCCC(C)=O. The van der Waals surface area contributed by atoms with Gasteiger partial charge in [0.25, 0.3) is 0 Å². The molecule has 0 amide bonds. The fraction of sp³-hybridized carbons (Fsp3) is 0.417. The topological polar surface area (TPSA) is 17.1 Å². The van der Waals surface area contributed by atoms with Crippen molar-refractivity contribution in [3.8, 4) is 0 Å². The van der Waals surface area contributed by atoms with Crippen LogP contribution in [0.15, 0.2) is 37.0 Å². The van der Waals surface area contributed by atoms with Gasteiger partial charge >= 0.3 is 0 Å². The highest BCUT2D eigenvalue weighted by atomic mass is 16.1. The lowest BCUT2D eigenvalue weighted by Gasteiger charge is -1.80. The fourth-order valence-electron chi connectivity index (χ4n) is 0.606. The molecule has 13 heavy (non-hydrogen) atoms. The van der Waals surface area contributed by atoms with Gasteiger partial charge < -0.3 is 4.79 Å². The van der Waals surface area contributed by atoms with Crippen LogP contribution in [-0.2, 0) is 4.79 Å². The molecule has 0 spiro atoms. The summed E-state index contributed by atoms with van der Waals surface area (Å²) in [6, 6.07) is 0. The summed E-state index contributed by atoms with van der Waals surface area (Å²) in [5.41, 5.74) is 0. The maximum atomic E-state index is 10.0. The van der Waals surface area contributed by atoms with E-state index in [1.54, 1.807) is 13.0 Å². The van der Waals surface area contributed by atoms with Crippen molar-refractivity contribution in [3.05, 3.63) is 37.0 Å². The molecular formula is C12H20O. The summed E-state index contributed by atoms with van der Waals surface area (Å²) in [5.74, 6) is 0.289. The van der Waals surface area contributed by atoms with Crippen LogP contribution in [0.1, 0.15) is 33.6 Å². The Balaban J connectivity index is 0. The first-order valence-corrected chi connectivity index (χ1v) is 4.58. The largest absolute Gasteiger partial charge is 0.300 e. The molecule has 1 heteroatoms. The second-order valence-electron chi connectivity index (χ2n) is 2.60. The standard InChI is InChI=1S/C7H10.C5H10O/c1-3-5-7-6-4-2;1-3-4-5(2)6/h3-7H,1H2,2H3;3-4H2,1-2H3/b6-4-,7-5-;. The molecule has 0 saturated heterocycles. The second-order valence-corrected chi connectivity index (χ2v) is 2.60. The minimum atomic E-state index is 0.289. The number of carbonyl (C=O) groups is 1. The van der Waals surface area contributed by atoms with Crippen LogP contribution in [0, 0.1) is 0 Å². The summed E-state index contributed by atoms with van der Waals surface area (Å²) in [7, 11) is 0. The Labute approximate surface area is 81.9 Å². The van der Waals surface area contributed by atoms with Crippen molar-refractivity contribution in [1.82, 2.24) is 0 Å². The third-order valence-corrected chi connectivity index (χ3v) is 1.15. The number of allylic oxidation sites excluding steroid dienone is 5. The smallest absolute Gasteiger partial charge is 0.129 e. The van der Waals surface area contributed by atoms with Gasteiger partial charge in [0, 0.05) is 6.42 Å². The molecule has 0 aromatic rings. The third kappa shape index (κ3) is 24.8. The van der Waals surface area contributed by atoms with Crippen LogP contribution in [0.2, 0.25) is 0 Å². The average Bonchev–Trinajstić information content (AvgIpc) is 2.06. The van der Waals surface area contributed by atoms with Crippen LogP contribution in [0.25, 0.3) is 0 Å². The molecule has 0 aliphatic rings. The number of carbonyl (C=O) groups excluding carboxylic acids is 1. The summed E-state index contributed by atoms with van der Waals surface area (Å²) in [6.45, 7) is 9.11. The van der Waals surface area contributed by atoms with Crippen molar-refractivity contribution in [2.75, 3.05) is 0 Å². The Hall–Kier alpha value is -1.11. The van der Waals surface area contributed by atoms with Gasteiger partial charge in [0.05, 0.1) is 0 Å². The predicted octanol–water partition coefficient (Wildman–Crippen LogP) is 3.68. The maximum absolute atomic E-state index is 10.0. The van der Waals surface area contributed by atoms with E-state index < -0.39 is 0 Å². The first-order chi connectivity index (χ1) is 6.18. The molecule has 0 bridgehead atoms. The lowest BCUT2D eigenvalue weighted by molar-refractivity contribution is -0.117. The zero-order valence-corrected chi connectivity index (χ0v) is 8.92. The van der Waals surface area contributed by atoms with Gasteiger partial charge in [-0.2, -0.15) is 0 Å². The van der Waals surface area contributed by atoms with Crippen LogP contribution >= 0.6 is 0 Å². The van der Waals surface area contributed by atoms with Crippen LogP contribution in [0.4, 0.5) is 0 Å². The van der Waals surface area contributed by atoms with E-state index in [-0.39, 0.29) is 5.78 Å². The molecule has 0 aliphatic heterocycles. The van der Waals surface area contributed by atoms with E-state index in [0.29, 0.717) is 0 Å². The van der Waals surface area contributed by atoms with E-state index in [0.717, 1.165) is 12.8 Å². The molecular weight excluding hydrogens is 160 g/mol. The summed E-state index contributed by atoms with van der Waals surface area (Å²) >= 11 is 0. The normalized spacial score (nSPS) is 9.77. The number of ketones is 1. The number of hydrogen-bond acceptors (Lipinski definition) is 1. The van der Waals surface area contributed by atoms with Crippen LogP contribution in [0.3, 0.4) is 0 Å². The first kappa shape index (κ1) is 14.4. The molecule has 1 nitrogen and oxygen atoms in total. The van der Waals surface area contributed by atoms with E-state index in [1.165, 1.54) is 0 Å². The van der Waals surface area contributed by atoms with Gasteiger partial charge in [-0.25, -0.2) is 0 Å². The molecule has 0 radical (unpaired) electrons. The summed E-state index contributed by atoms with van der Waals surface area (Å²) < 4.78 is 0. The van der Waals surface area contributed by atoms with Crippen LogP contribution < -0.4 is 0 Å². The molecule has 0 N–H and O–H groups in total. The van der Waals surface area contributed by atoms with Crippen molar-refractivity contribution < 1.29 is 4.79 Å². The van der Waals surface area contributed by atoms with Gasteiger partial charge in [-0.15, -0.1) is 0 Å². The number of Topliss-reactive ketones (excluding diaryl/α,β-unsaturated/α-hetero) is 1. The van der Waals surface area contributed by atoms with E-state index in [2.05, 4.69) is 6.58 Å². The average molecular weight is 180 g/mol. The summed E-state index contributed by atoms with van der Waals surface area (Å²) in [5, 5.41) is 0. The minimum Gasteiger partial charge on any atom is -0.300 e. The second kappa shape index (κ2) is 13.5. The fourth-order valence-corrected chi connectivity index (χ4v) is 0.606. The Bertz CT molecular complexity index is 176. The quantitative estimate of drug-likeness (QED) is 0.603. The highest BCUT2D eigenvalue weighted by Gasteiger charge is 1.83. The van der Waals surface area contributed by atoms with E-state index in [4.69, 9.17) is 0 Å². The molecule has 0 aliphatic carbocycles. The summed E-state index contributed by atoms with van der Waals surface area (Å²) in [4.78, 5) is 10.0. The Morgan fingerprint density at radius 3 is 2.15 bits per heavy atom. The first-order valence-electron chi connectivity index (χ1n) is 4.58. The monoisotopic (exact) mass is 180 g/mol. The predicted molar refractivity (Wildman–Crippen MR) is 59.7 cm³/mol. The molecule has 0 aromatic heterocycles. The van der Waals surface area contributed by atoms with Crippen LogP contribution in [0.5, 0.6) is 0 Å². The molecule has 0 fully saturated rings. The highest BCUT2D eigenvalue weighted by molar-refractivity contribution is 5.75. The molecule has 0 heterocycles. The van der Waals surface area contributed by atoms with E-state index in [9.17, 15) is 4.79 Å². The number of hydrogen-bond donors (Lipinski definition) is 0. The van der Waals surface area contributed by atoms with Gasteiger partial charge in [-0.1, -0.05) is 43.9 Å². The lowest BCUT2D eigenvalue weighted by Crippen LogP contribution is -1.84. The highest BCUT2D eigenvalue weighted by Crippen LogP contribution is 1.84. The van der Waals surface area contributed by atoms with Gasteiger partial charge in [-0.05, 0) is 20.3 Å². The van der Waals surface area contributed by atoms with Crippen LogP contribution in [-0.4, -0.2) is 5.78 Å². The molecule has 0 unspecified atom stereocenters. The van der Waals surface area contributed by atoms with Gasteiger partial charge in [0.1, 0.15) is 5.78 Å². The van der Waals surface area contributed by atoms with Gasteiger partial charge in [0.2, 0.25) is 0 Å². The Morgan fingerprint density at radius 2 is 1.92 bits per heavy atom. The van der Waals surface area contributed by atoms with Crippen molar-refractivity contribution in [3.63, 3.8) is 0 Å². The molecule has 74 valence electrons. The van der Waals surface area contributed by atoms with Gasteiger partial charge in [0.15, 0.2) is 0 Å². The minimum absolute atomic E-state index is 0.289. The van der Waals surface area contributed by atoms with Crippen molar-refractivity contribution in [2.45, 2.75) is 33.6 Å². The molecule has 0 rings (SSSR count). The molecule has 0 saturated carbocycles. The Kier molecular flexibility index (Phi) is 14.9. The maximum Gasteiger partial charge on any atom is 0.129 e.